The minimum atomic E-state index is 0.747. The van der Waals surface area contributed by atoms with E-state index < -0.39 is 0 Å². The van der Waals surface area contributed by atoms with E-state index in [1.54, 1.807) is 7.11 Å². The topological polar surface area (TPSA) is 9.23 Å². The molecule has 1 nitrogen and oxygen atoms in total. The molecular formula is C14H19BrO. The van der Waals surface area contributed by atoms with E-state index in [1.807, 2.05) is 0 Å². The maximum Gasteiger partial charge on any atom is 0.119 e. The first-order valence-corrected chi connectivity index (χ1v) is 7.20. The summed E-state index contributed by atoms with van der Waals surface area (Å²) in [6.45, 7) is 0. The van der Waals surface area contributed by atoms with Crippen LogP contribution in [0.3, 0.4) is 0 Å². The van der Waals surface area contributed by atoms with Crippen molar-refractivity contribution in [1.29, 1.82) is 0 Å². The average Bonchev–Trinajstić information content (AvgIpc) is 2.35. The van der Waals surface area contributed by atoms with Gasteiger partial charge in [-0.2, -0.15) is 0 Å². The molecule has 0 amide bonds. The summed E-state index contributed by atoms with van der Waals surface area (Å²) in [5.74, 6) is 1.75. The van der Waals surface area contributed by atoms with Gasteiger partial charge < -0.3 is 4.74 Å². The van der Waals surface area contributed by atoms with Crippen molar-refractivity contribution >= 4 is 15.9 Å². The normalized spacial score (nSPS) is 19.2. The summed E-state index contributed by atoms with van der Waals surface area (Å²) in [6.07, 6.45) is 6.48. The van der Waals surface area contributed by atoms with Crippen LogP contribution in [0, 0.1) is 0 Å². The van der Waals surface area contributed by atoms with Gasteiger partial charge in [0, 0.05) is 5.33 Å². The lowest BCUT2D eigenvalue weighted by Gasteiger charge is -2.25. The zero-order valence-electron chi connectivity index (χ0n) is 9.84. The third kappa shape index (κ3) is 2.60. The van der Waals surface area contributed by atoms with Crippen LogP contribution in [0.5, 0.6) is 5.75 Å². The fourth-order valence-electron chi connectivity index (χ4n) is 2.63. The highest BCUT2D eigenvalue weighted by molar-refractivity contribution is 9.09. The summed E-state index contributed by atoms with van der Waals surface area (Å²) in [6, 6.07) is 6.58. The minimum absolute atomic E-state index is 0.747. The first kappa shape index (κ1) is 12.0. The first-order valence-electron chi connectivity index (χ1n) is 6.08. The largest absolute Gasteiger partial charge is 0.497 e. The van der Waals surface area contributed by atoms with Gasteiger partial charge in [0.2, 0.25) is 0 Å². The molecule has 0 spiro atoms. The quantitative estimate of drug-likeness (QED) is 0.749. The van der Waals surface area contributed by atoms with Gasteiger partial charge in [-0.1, -0.05) is 22.0 Å². The van der Waals surface area contributed by atoms with Crippen molar-refractivity contribution in [3.8, 4) is 5.75 Å². The lowest BCUT2D eigenvalue weighted by molar-refractivity contribution is 0.411. The van der Waals surface area contributed by atoms with E-state index in [9.17, 15) is 0 Å². The van der Waals surface area contributed by atoms with Crippen molar-refractivity contribution in [3.63, 3.8) is 0 Å². The smallest absolute Gasteiger partial charge is 0.119 e. The first-order chi connectivity index (χ1) is 7.85. The molecule has 88 valence electrons. The molecule has 16 heavy (non-hydrogen) atoms. The lowest BCUT2D eigenvalue weighted by Crippen LogP contribution is -2.10. The van der Waals surface area contributed by atoms with E-state index in [0.717, 1.165) is 17.0 Å². The Hall–Kier alpha value is -0.500. The van der Waals surface area contributed by atoms with Gasteiger partial charge in [-0.25, -0.2) is 0 Å². The molecule has 0 saturated carbocycles. The van der Waals surface area contributed by atoms with Crippen LogP contribution in [-0.4, -0.2) is 12.4 Å². The Labute approximate surface area is 106 Å². The third-order valence-electron chi connectivity index (χ3n) is 3.48. The van der Waals surface area contributed by atoms with Crippen molar-refractivity contribution in [2.45, 2.75) is 38.0 Å². The zero-order valence-corrected chi connectivity index (χ0v) is 11.4. The molecule has 2 rings (SSSR count). The van der Waals surface area contributed by atoms with Crippen LogP contribution in [0.2, 0.25) is 0 Å². The van der Waals surface area contributed by atoms with Crippen molar-refractivity contribution in [2.24, 2.45) is 0 Å². The number of rotatable bonds is 4. The molecule has 1 aromatic carbocycles. The van der Waals surface area contributed by atoms with E-state index in [1.165, 1.54) is 43.2 Å². The molecule has 0 aliphatic heterocycles. The van der Waals surface area contributed by atoms with E-state index in [2.05, 4.69) is 34.1 Å². The fraction of sp³-hybridized carbons (Fsp3) is 0.571. The zero-order chi connectivity index (χ0) is 11.4. The third-order valence-corrected chi connectivity index (χ3v) is 4.04. The molecule has 0 radical (unpaired) electrons. The standard InChI is InChI=1S/C14H19BrO/c1-16-13-8-7-12-5-2-4-11(6-3-9-15)14(12)10-13/h7-8,10-11H,2-6,9H2,1H3. The number of methoxy groups -OCH3 is 1. The highest BCUT2D eigenvalue weighted by Crippen LogP contribution is 2.36. The fourth-order valence-corrected chi connectivity index (χ4v) is 2.95. The lowest BCUT2D eigenvalue weighted by atomic mass is 9.80. The molecule has 1 unspecified atom stereocenters. The molecule has 1 aliphatic carbocycles. The number of alkyl halides is 1. The van der Waals surface area contributed by atoms with Crippen LogP contribution >= 0.6 is 15.9 Å². The Morgan fingerprint density at radius 2 is 2.31 bits per heavy atom. The van der Waals surface area contributed by atoms with Gasteiger partial charge in [-0.15, -0.1) is 0 Å². The van der Waals surface area contributed by atoms with Gasteiger partial charge in [0.25, 0.3) is 0 Å². The van der Waals surface area contributed by atoms with Gasteiger partial charge in [0.15, 0.2) is 0 Å². The van der Waals surface area contributed by atoms with Crippen LogP contribution < -0.4 is 4.74 Å². The number of hydrogen-bond donors (Lipinski definition) is 0. The molecule has 0 aromatic heterocycles. The van der Waals surface area contributed by atoms with E-state index in [0.29, 0.717) is 0 Å². The van der Waals surface area contributed by atoms with Gasteiger partial charge >= 0.3 is 0 Å². The van der Waals surface area contributed by atoms with Crippen LogP contribution in [-0.2, 0) is 6.42 Å². The molecule has 0 N–H and O–H groups in total. The van der Waals surface area contributed by atoms with Crippen LogP contribution in [0.15, 0.2) is 18.2 Å². The predicted molar refractivity (Wildman–Crippen MR) is 71.7 cm³/mol. The molecule has 0 bridgehead atoms. The Morgan fingerprint density at radius 1 is 1.44 bits per heavy atom. The van der Waals surface area contributed by atoms with Gasteiger partial charge in [-0.3, -0.25) is 0 Å². The number of fused-ring (bicyclic) bond motifs is 1. The Morgan fingerprint density at radius 3 is 3.06 bits per heavy atom. The average molecular weight is 283 g/mol. The number of hydrogen-bond acceptors (Lipinski definition) is 1. The maximum atomic E-state index is 5.32. The van der Waals surface area contributed by atoms with E-state index >= 15 is 0 Å². The number of benzene rings is 1. The maximum absolute atomic E-state index is 5.32. The van der Waals surface area contributed by atoms with E-state index in [-0.39, 0.29) is 0 Å². The van der Waals surface area contributed by atoms with Crippen LogP contribution in [0.4, 0.5) is 0 Å². The second kappa shape index (κ2) is 5.72. The number of aryl methyl sites for hydroxylation is 1. The highest BCUT2D eigenvalue weighted by atomic mass is 79.9. The Kier molecular flexibility index (Phi) is 4.28. The van der Waals surface area contributed by atoms with Crippen molar-refractivity contribution in [3.05, 3.63) is 29.3 Å². The number of ether oxygens (including phenoxy) is 1. The Balaban J connectivity index is 2.21. The minimum Gasteiger partial charge on any atom is -0.497 e. The van der Waals surface area contributed by atoms with Gasteiger partial charge in [0.1, 0.15) is 5.75 Å². The molecule has 1 aliphatic rings. The van der Waals surface area contributed by atoms with Crippen molar-refractivity contribution in [1.82, 2.24) is 0 Å². The summed E-state index contributed by atoms with van der Waals surface area (Å²) in [4.78, 5) is 0. The highest BCUT2D eigenvalue weighted by Gasteiger charge is 2.20. The van der Waals surface area contributed by atoms with Gasteiger partial charge in [-0.05, 0) is 61.3 Å². The molecule has 0 saturated heterocycles. The molecule has 2 heteroatoms. The van der Waals surface area contributed by atoms with Gasteiger partial charge in [0.05, 0.1) is 7.11 Å². The SMILES string of the molecule is COc1ccc2c(c1)C(CCCBr)CCC2. The summed E-state index contributed by atoms with van der Waals surface area (Å²) in [5, 5.41) is 1.11. The van der Waals surface area contributed by atoms with Crippen LogP contribution in [0.25, 0.3) is 0 Å². The number of halogens is 1. The second-order valence-corrected chi connectivity index (χ2v) is 5.28. The van der Waals surface area contributed by atoms with Crippen molar-refractivity contribution < 1.29 is 4.74 Å². The summed E-state index contributed by atoms with van der Waals surface area (Å²) in [5.41, 5.74) is 3.07. The molecule has 1 atom stereocenters. The predicted octanol–water partition coefficient (Wildman–Crippen LogP) is 4.29. The molecule has 1 aromatic rings. The molecular weight excluding hydrogens is 264 g/mol. The summed E-state index contributed by atoms with van der Waals surface area (Å²) in [7, 11) is 1.75. The molecule has 0 heterocycles. The summed E-state index contributed by atoms with van der Waals surface area (Å²) >= 11 is 3.52. The summed E-state index contributed by atoms with van der Waals surface area (Å²) < 4.78 is 5.32. The monoisotopic (exact) mass is 282 g/mol. The molecule has 0 fully saturated rings. The van der Waals surface area contributed by atoms with E-state index in [4.69, 9.17) is 4.74 Å². The van der Waals surface area contributed by atoms with Crippen molar-refractivity contribution in [2.75, 3.05) is 12.4 Å². The van der Waals surface area contributed by atoms with Crippen LogP contribution in [0.1, 0.15) is 42.7 Å². The Bertz CT molecular complexity index is 349. The second-order valence-electron chi connectivity index (χ2n) is 4.49.